The number of hydrogen-bond acceptors (Lipinski definition) is 2. The first-order valence-corrected chi connectivity index (χ1v) is 6.39. The van der Waals surface area contributed by atoms with Crippen LogP contribution in [0.1, 0.15) is 0 Å². The van der Waals surface area contributed by atoms with Crippen LogP contribution in [-0.4, -0.2) is 0 Å². The Morgan fingerprint density at radius 1 is 1.06 bits per heavy atom. The minimum Gasteiger partial charge on any atom is -0.453 e. The Kier molecular flexibility index (Phi) is 4.00. The summed E-state index contributed by atoms with van der Waals surface area (Å²) in [4.78, 5) is 0. The molecule has 0 atom stereocenters. The van der Waals surface area contributed by atoms with Crippen LogP contribution in [0.3, 0.4) is 0 Å². The normalized spacial score (nSPS) is 10.4. The monoisotopic (exact) mass is 349 g/mol. The van der Waals surface area contributed by atoms with Crippen molar-refractivity contribution < 1.29 is 9.13 Å². The lowest BCUT2D eigenvalue weighted by Gasteiger charge is -2.10. The fraction of sp³-hybridized carbons (Fsp3) is 0. The molecule has 0 unspecified atom stereocenters. The average Bonchev–Trinajstić information content (AvgIpc) is 2.29. The molecule has 0 saturated heterocycles. The first kappa shape index (κ1) is 13.5. The Labute approximate surface area is 122 Å². The van der Waals surface area contributed by atoms with Crippen LogP contribution in [0.5, 0.6) is 11.5 Å². The number of hydrogen-bond donors (Lipinski definition) is 1. The maximum Gasteiger partial charge on any atom is 0.167 e. The molecule has 0 aliphatic heterocycles. The van der Waals surface area contributed by atoms with Gasteiger partial charge in [0.2, 0.25) is 0 Å². The van der Waals surface area contributed by atoms with E-state index in [2.05, 4.69) is 15.9 Å². The van der Waals surface area contributed by atoms with Crippen LogP contribution in [0.25, 0.3) is 0 Å². The van der Waals surface area contributed by atoms with Crippen LogP contribution < -0.4 is 10.5 Å². The zero-order chi connectivity index (χ0) is 13.3. The van der Waals surface area contributed by atoms with Crippen LogP contribution in [0.4, 0.5) is 10.1 Å². The zero-order valence-electron chi connectivity index (χ0n) is 8.88. The molecule has 2 aromatic rings. The predicted molar refractivity (Wildman–Crippen MR) is 75.0 cm³/mol. The Balaban J connectivity index is 2.37. The van der Waals surface area contributed by atoms with E-state index in [0.29, 0.717) is 20.2 Å². The smallest absolute Gasteiger partial charge is 0.167 e. The molecular formula is C12H7BrCl2FNO. The molecule has 0 spiro atoms. The molecule has 2 rings (SSSR count). The molecule has 2 aromatic carbocycles. The van der Waals surface area contributed by atoms with Gasteiger partial charge in [-0.2, -0.15) is 0 Å². The van der Waals surface area contributed by atoms with Crippen molar-refractivity contribution in [1.29, 1.82) is 0 Å². The van der Waals surface area contributed by atoms with Gasteiger partial charge in [-0.05, 0) is 34.1 Å². The molecule has 0 fully saturated rings. The second-order valence-electron chi connectivity index (χ2n) is 3.49. The first-order valence-electron chi connectivity index (χ1n) is 4.85. The maximum atomic E-state index is 13.6. The summed E-state index contributed by atoms with van der Waals surface area (Å²) in [6, 6.07) is 7.21. The van der Waals surface area contributed by atoms with E-state index in [1.165, 1.54) is 24.3 Å². The lowest BCUT2D eigenvalue weighted by atomic mass is 10.3. The van der Waals surface area contributed by atoms with Crippen LogP contribution in [0.2, 0.25) is 10.0 Å². The van der Waals surface area contributed by atoms with Crippen molar-refractivity contribution in [3.8, 4) is 11.5 Å². The lowest BCUT2D eigenvalue weighted by Crippen LogP contribution is -1.92. The fourth-order valence-electron chi connectivity index (χ4n) is 1.30. The Bertz CT molecular complexity index is 607. The summed E-state index contributed by atoms with van der Waals surface area (Å²) in [6.45, 7) is 0. The van der Waals surface area contributed by atoms with Crippen molar-refractivity contribution in [2.45, 2.75) is 0 Å². The summed E-state index contributed by atoms with van der Waals surface area (Å²) in [5.74, 6) is -0.261. The van der Waals surface area contributed by atoms with Crippen LogP contribution in [0.15, 0.2) is 34.8 Å². The second kappa shape index (κ2) is 5.34. The Hall–Kier alpha value is -0.970. The standard InChI is InChI=1S/C12H7BrCl2FNO/c13-7-4-9(15)12(5-8(7)14)18-11-2-1-6(17)3-10(11)16/h1-5H,17H2. The van der Waals surface area contributed by atoms with Gasteiger partial charge in [0.25, 0.3) is 0 Å². The van der Waals surface area contributed by atoms with Crippen LogP contribution in [0, 0.1) is 5.82 Å². The largest absolute Gasteiger partial charge is 0.453 e. The van der Waals surface area contributed by atoms with Crippen LogP contribution >= 0.6 is 39.1 Å². The number of nitrogen functional groups attached to an aromatic ring is 1. The number of rotatable bonds is 2. The van der Waals surface area contributed by atoms with Gasteiger partial charge >= 0.3 is 0 Å². The summed E-state index contributed by atoms with van der Waals surface area (Å²) < 4.78 is 19.6. The third-order valence-electron chi connectivity index (χ3n) is 2.15. The van der Waals surface area contributed by atoms with Gasteiger partial charge < -0.3 is 10.5 Å². The molecule has 2 nitrogen and oxygen atoms in total. The van der Waals surface area contributed by atoms with Gasteiger partial charge in [-0.3, -0.25) is 0 Å². The quantitative estimate of drug-likeness (QED) is 0.591. The van der Waals surface area contributed by atoms with E-state index >= 15 is 0 Å². The molecule has 0 amide bonds. The van der Waals surface area contributed by atoms with E-state index in [1.54, 1.807) is 6.07 Å². The van der Waals surface area contributed by atoms with Gasteiger partial charge in [-0.25, -0.2) is 4.39 Å². The molecule has 0 bridgehead atoms. The predicted octanol–water partition coefficient (Wildman–Crippen LogP) is 5.27. The second-order valence-corrected chi connectivity index (χ2v) is 5.16. The third kappa shape index (κ3) is 2.88. The zero-order valence-corrected chi connectivity index (χ0v) is 12.0. The summed E-state index contributed by atoms with van der Waals surface area (Å²) in [6.07, 6.45) is 0. The van der Waals surface area contributed by atoms with Gasteiger partial charge in [-0.15, -0.1) is 0 Å². The van der Waals surface area contributed by atoms with E-state index in [-0.39, 0.29) is 11.5 Å². The van der Waals surface area contributed by atoms with E-state index in [0.717, 1.165) is 0 Å². The molecule has 18 heavy (non-hydrogen) atoms. The molecule has 0 saturated carbocycles. The van der Waals surface area contributed by atoms with Gasteiger partial charge in [0.1, 0.15) is 5.75 Å². The topological polar surface area (TPSA) is 35.2 Å². The van der Waals surface area contributed by atoms with Crippen molar-refractivity contribution in [3.63, 3.8) is 0 Å². The SMILES string of the molecule is Nc1ccc(Oc2cc(Cl)c(Br)cc2Cl)c(F)c1. The highest BCUT2D eigenvalue weighted by Crippen LogP contribution is 2.37. The summed E-state index contributed by atoms with van der Waals surface area (Å²) in [5, 5.41) is 0.743. The van der Waals surface area contributed by atoms with Crippen molar-refractivity contribution >= 4 is 44.8 Å². The molecule has 0 heterocycles. The minimum absolute atomic E-state index is 0.0319. The molecule has 0 radical (unpaired) electrons. The minimum atomic E-state index is -0.565. The molecule has 94 valence electrons. The number of nitrogens with two attached hydrogens (primary N) is 1. The lowest BCUT2D eigenvalue weighted by molar-refractivity contribution is 0.442. The highest BCUT2D eigenvalue weighted by Gasteiger charge is 2.10. The molecule has 2 N–H and O–H groups in total. The highest BCUT2D eigenvalue weighted by molar-refractivity contribution is 9.10. The molecule has 0 aliphatic rings. The van der Waals surface area contributed by atoms with Crippen molar-refractivity contribution in [2.75, 3.05) is 5.73 Å². The van der Waals surface area contributed by atoms with E-state index < -0.39 is 5.82 Å². The molecule has 6 heteroatoms. The van der Waals surface area contributed by atoms with Gasteiger partial charge in [0.05, 0.1) is 10.0 Å². The van der Waals surface area contributed by atoms with Crippen molar-refractivity contribution in [1.82, 2.24) is 0 Å². The molecular weight excluding hydrogens is 344 g/mol. The van der Waals surface area contributed by atoms with Gasteiger partial charge in [0, 0.05) is 22.3 Å². The average molecular weight is 351 g/mol. The summed E-state index contributed by atoms with van der Waals surface area (Å²) in [7, 11) is 0. The number of ether oxygens (including phenoxy) is 1. The van der Waals surface area contributed by atoms with Crippen molar-refractivity contribution in [3.05, 3.63) is 50.7 Å². The van der Waals surface area contributed by atoms with E-state index in [1.807, 2.05) is 0 Å². The van der Waals surface area contributed by atoms with Gasteiger partial charge in [0.15, 0.2) is 11.6 Å². The fourth-order valence-corrected chi connectivity index (χ4v) is 2.13. The summed E-state index contributed by atoms with van der Waals surface area (Å²) in [5.41, 5.74) is 5.77. The maximum absolute atomic E-state index is 13.6. The Morgan fingerprint density at radius 3 is 2.44 bits per heavy atom. The summed E-state index contributed by atoms with van der Waals surface area (Å²) >= 11 is 15.1. The number of benzene rings is 2. The number of halogens is 4. The van der Waals surface area contributed by atoms with Crippen molar-refractivity contribution in [2.24, 2.45) is 0 Å². The first-order chi connectivity index (χ1) is 8.47. The Morgan fingerprint density at radius 2 is 1.78 bits per heavy atom. The van der Waals surface area contributed by atoms with Gasteiger partial charge in [-0.1, -0.05) is 23.2 Å². The van der Waals surface area contributed by atoms with E-state index in [9.17, 15) is 4.39 Å². The highest BCUT2D eigenvalue weighted by atomic mass is 79.9. The molecule has 0 aliphatic carbocycles. The number of anilines is 1. The molecule has 0 aromatic heterocycles. The third-order valence-corrected chi connectivity index (χ3v) is 3.64. The van der Waals surface area contributed by atoms with E-state index in [4.69, 9.17) is 33.7 Å². The van der Waals surface area contributed by atoms with Crippen LogP contribution in [-0.2, 0) is 0 Å².